The summed E-state index contributed by atoms with van der Waals surface area (Å²) in [4.78, 5) is 29.3. The molecule has 0 fully saturated rings. The summed E-state index contributed by atoms with van der Waals surface area (Å²) >= 11 is 0. The van der Waals surface area contributed by atoms with Crippen LogP contribution in [-0.4, -0.2) is 79.7 Å². The van der Waals surface area contributed by atoms with E-state index in [2.05, 4.69) is 0 Å². The van der Waals surface area contributed by atoms with E-state index in [1.165, 1.54) is 0 Å². The quantitative estimate of drug-likeness (QED) is 0.276. The van der Waals surface area contributed by atoms with Gasteiger partial charge < -0.3 is 41.1 Å². The molecule has 0 radical (unpaired) electrons. The van der Waals surface area contributed by atoms with Crippen molar-refractivity contribution in [3.63, 3.8) is 0 Å². The monoisotopic (exact) mass is 192 g/mol. The first kappa shape index (κ1) is 44.5. The third kappa shape index (κ3) is 690. The topological polar surface area (TPSA) is 207 Å². The SMILES string of the molecule is O.O.O.O.O[Si](O)(O)O.[NaH]. The van der Waals surface area contributed by atoms with Crippen LogP contribution in [0.5, 0.6) is 0 Å². The van der Waals surface area contributed by atoms with Crippen LogP contribution in [0, 0.1) is 0 Å². The standard InChI is InChI=1S/Na.H4O4Si.4H2O.H/c;1-5(2,3)4;;;;;/h;1-4H;4*1H2;. The molecule has 0 aromatic rings. The van der Waals surface area contributed by atoms with Gasteiger partial charge in [-0.25, -0.2) is 0 Å². The molecule has 0 rings (SSSR count). The van der Waals surface area contributed by atoms with Crippen LogP contribution in [0.2, 0.25) is 0 Å². The van der Waals surface area contributed by atoms with Crippen molar-refractivity contribution in [1.82, 2.24) is 0 Å². The molecule has 0 amide bonds. The first-order valence-corrected chi connectivity index (χ1v) is 2.68. The molecule has 0 aliphatic heterocycles. The second-order valence-corrected chi connectivity index (χ2v) is 1.80. The maximum atomic E-state index is 7.33. The fourth-order valence-corrected chi connectivity index (χ4v) is 0. The van der Waals surface area contributed by atoms with Crippen LogP contribution in [0.25, 0.3) is 0 Å². The normalized spacial score (nSPS) is 6.00. The summed E-state index contributed by atoms with van der Waals surface area (Å²) < 4.78 is 0. The van der Waals surface area contributed by atoms with Crippen LogP contribution in [0.3, 0.4) is 0 Å². The van der Waals surface area contributed by atoms with Crippen LogP contribution < -0.4 is 0 Å². The van der Waals surface area contributed by atoms with Crippen LogP contribution in [0.15, 0.2) is 0 Å². The van der Waals surface area contributed by atoms with Gasteiger partial charge in [-0.2, -0.15) is 0 Å². The van der Waals surface area contributed by atoms with Crippen molar-refractivity contribution in [2.45, 2.75) is 0 Å². The molecule has 0 aliphatic carbocycles. The van der Waals surface area contributed by atoms with E-state index in [1.807, 2.05) is 0 Å². The first-order chi connectivity index (χ1) is 2.00. The van der Waals surface area contributed by atoms with Crippen LogP contribution in [0.4, 0.5) is 0 Å². The Bertz CT molecular complexity index is 24.7. The van der Waals surface area contributed by atoms with Crippen molar-refractivity contribution >= 4 is 38.6 Å². The molecule has 0 spiro atoms. The summed E-state index contributed by atoms with van der Waals surface area (Å²) in [6, 6.07) is 0. The predicted molar refractivity (Wildman–Crippen MR) is 36.2 cm³/mol. The second kappa shape index (κ2) is 16.5. The molecule has 8 nitrogen and oxygen atoms in total. The Morgan fingerprint density at radius 1 is 0.600 bits per heavy atom. The average Bonchev–Trinajstić information content (AvgIpc) is 0.722. The van der Waals surface area contributed by atoms with Crippen LogP contribution in [-0.2, 0) is 0 Å². The molecule has 66 valence electrons. The number of hydrogen-bond acceptors (Lipinski definition) is 4. The minimum atomic E-state index is -4.61. The van der Waals surface area contributed by atoms with Gasteiger partial charge in [0.25, 0.3) is 0 Å². The van der Waals surface area contributed by atoms with Gasteiger partial charge in [0.15, 0.2) is 0 Å². The molecule has 0 saturated carbocycles. The van der Waals surface area contributed by atoms with Gasteiger partial charge in [-0.15, -0.1) is 0 Å². The molecule has 0 aliphatic rings. The summed E-state index contributed by atoms with van der Waals surface area (Å²) in [6.07, 6.45) is 0. The minimum absolute atomic E-state index is 0. The van der Waals surface area contributed by atoms with Gasteiger partial charge >= 0.3 is 38.6 Å². The molecule has 10 heavy (non-hydrogen) atoms. The molecule has 0 heterocycles. The molecule has 0 atom stereocenters. The summed E-state index contributed by atoms with van der Waals surface area (Å²) in [5, 5.41) is 0. The van der Waals surface area contributed by atoms with Crippen molar-refractivity contribution in [2.75, 3.05) is 0 Å². The van der Waals surface area contributed by atoms with Crippen molar-refractivity contribution in [2.24, 2.45) is 0 Å². The van der Waals surface area contributed by atoms with Crippen molar-refractivity contribution < 1.29 is 41.1 Å². The van der Waals surface area contributed by atoms with E-state index in [-0.39, 0.29) is 51.5 Å². The summed E-state index contributed by atoms with van der Waals surface area (Å²) in [7, 11) is -4.61. The van der Waals surface area contributed by atoms with E-state index in [0.29, 0.717) is 0 Å². The van der Waals surface area contributed by atoms with E-state index in [1.54, 1.807) is 0 Å². The van der Waals surface area contributed by atoms with E-state index < -0.39 is 9.05 Å². The Hall–Kier alpha value is 0.897. The molecule has 0 aromatic heterocycles. The summed E-state index contributed by atoms with van der Waals surface area (Å²) in [5.41, 5.74) is 0. The van der Waals surface area contributed by atoms with Gasteiger partial charge in [-0.3, -0.25) is 0 Å². The zero-order chi connectivity index (χ0) is 4.50. The average molecular weight is 192 g/mol. The molecule has 10 heteroatoms. The zero-order valence-corrected chi connectivity index (χ0v) is 5.29. The Kier molecular flexibility index (Phi) is 73.3. The van der Waals surface area contributed by atoms with E-state index >= 15 is 0 Å². The molecule has 0 unspecified atom stereocenters. The molecule has 0 saturated heterocycles. The zero-order valence-electron chi connectivity index (χ0n) is 4.29. The third-order valence-electron chi connectivity index (χ3n) is 0. The third-order valence-corrected chi connectivity index (χ3v) is 0. The summed E-state index contributed by atoms with van der Waals surface area (Å²) in [5.74, 6) is 0. The van der Waals surface area contributed by atoms with Gasteiger partial charge in [-0.05, 0) is 0 Å². The Morgan fingerprint density at radius 3 is 0.600 bits per heavy atom. The predicted octanol–water partition coefficient (Wildman–Crippen LogP) is -6.56. The molecule has 12 N–H and O–H groups in total. The van der Waals surface area contributed by atoms with Crippen LogP contribution >= 0.6 is 0 Å². The molecule has 0 aromatic carbocycles. The molecular weight excluding hydrogens is 179 g/mol. The maximum absolute atomic E-state index is 7.33. The Balaban J connectivity index is -0.00000000800. The van der Waals surface area contributed by atoms with Gasteiger partial charge in [0.1, 0.15) is 0 Å². The van der Waals surface area contributed by atoms with E-state index in [4.69, 9.17) is 19.2 Å². The fraction of sp³-hybridized carbons (Fsp3) is 0. The van der Waals surface area contributed by atoms with E-state index in [0.717, 1.165) is 0 Å². The van der Waals surface area contributed by atoms with Gasteiger partial charge in [-0.1, -0.05) is 0 Å². The van der Waals surface area contributed by atoms with Crippen molar-refractivity contribution in [1.29, 1.82) is 0 Å². The van der Waals surface area contributed by atoms with Gasteiger partial charge in [0, 0.05) is 0 Å². The Morgan fingerprint density at radius 2 is 0.600 bits per heavy atom. The summed E-state index contributed by atoms with van der Waals surface area (Å²) in [6.45, 7) is 0. The fourth-order valence-electron chi connectivity index (χ4n) is 0. The number of hydrogen-bond donors (Lipinski definition) is 4. The Labute approximate surface area is 79.8 Å². The van der Waals surface area contributed by atoms with Gasteiger partial charge in [0.05, 0.1) is 0 Å². The molecule has 0 bridgehead atoms. The van der Waals surface area contributed by atoms with Crippen LogP contribution in [0.1, 0.15) is 0 Å². The van der Waals surface area contributed by atoms with Crippen molar-refractivity contribution in [3.05, 3.63) is 0 Å². The van der Waals surface area contributed by atoms with Crippen molar-refractivity contribution in [3.8, 4) is 0 Å². The molecular formula is H13NaO8Si. The number of rotatable bonds is 0. The van der Waals surface area contributed by atoms with Gasteiger partial charge in [0.2, 0.25) is 0 Å². The van der Waals surface area contributed by atoms with E-state index in [9.17, 15) is 0 Å². The first-order valence-electron chi connectivity index (χ1n) is 0.894. The second-order valence-electron chi connectivity index (χ2n) is 0.600.